The van der Waals surface area contributed by atoms with Crippen LogP contribution in [0.5, 0.6) is 11.5 Å². The van der Waals surface area contributed by atoms with Crippen molar-refractivity contribution in [2.24, 2.45) is 0 Å². The quantitative estimate of drug-likeness (QED) is 0.867. The molecule has 1 aromatic rings. The Hall–Kier alpha value is -1.10. The van der Waals surface area contributed by atoms with E-state index in [9.17, 15) is 14.3 Å². The fraction of sp³-hybridized carbons (Fsp3) is 0.364. The van der Waals surface area contributed by atoms with Crippen LogP contribution in [0.1, 0.15) is 24.8 Å². The van der Waals surface area contributed by atoms with E-state index in [1.165, 1.54) is 7.11 Å². The van der Waals surface area contributed by atoms with Crippen molar-refractivity contribution in [1.29, 1.82) is 0 Å². The summed E-state index contributed by atoms with van der Waals surface area (Å²) in [4.78, 5) is 10.4. The summed E-state index contributed by atoms with van der Waals surface area (Å²) >= 11 is 3.05. The van der Waals surface area contributed by atoms with Gasteiger partial charge < -0.3 is 14.6 Å². The van der Waals surface area contributed by atoms with Crippen LogP contribution in [0.25, 0.3) is 0 Å². The Labute approximate surface area is 101 Å². The van der Waals surface area contributed by atoms with E-state index >= 15 is 0 Å². The molecule has 1 N–H and O–H groups in total. The normalized spacial score (nSPS) is 12.2. The van der Waals surface area contributed by atoms with Crippen LogP contribution in [0.15, 0.2) is 10.5 Å². The summed E-state index contributed by atoms with van der Waals surface area (Å²) in [6.07, 6.45) is 1.04. The van der Waals surface area contributed by atoms with Gasteiger partial charge in [-0.15, -0.1) is 0 Å². The maximum absolute atomic E-state index is 13.6. The molecule has 1 aromatic carbocycles. The summed E-state index contributed by atoms with van der Waals surface area (Å²) in [5, 5.41) is 9.38. The Morgan fingerprint density at radius 2 is 2.31 bits per heavy atom. The van der Waals surface area contributed by atoms with Gasteiger partial charge in [-0.25, -0.2) is 0 Å². The van der Waals surface area contributed by atoms with E-state index in [1.54, 1.807) is 13.0 Å². The Morgan fingerprint density at radius 1 is 1.69 bits per heavy atom. The molecule has 1 rings (SSSR count). The first-order valence-electron chi connectivity index (χ1n) is 4.71. The van der Waals surface area contributed by atoms with Crippen molar-refractivity contribution in [1.82, 2.24) is 0 Å². The molecular formula is C11H12BrFO3. The van der Waals surface area contributed by atoms with Gasteiger partial charge in [-0.05, 0) is 27.9 Å². The number of phenols is 1. The summed E-state index contributed by atoms with van der Waals surface area (Å²) in [6.45, 7) is 1.79. The van der Waals surface area contributed by atoms with E-state index in [0.29, 0.717) is 5.56 Å². The van der Waals surface area contributed by atoms with Crippen LogP contribution in [0, 0.1) is 5.82 Å². The number of benzene rings is 1. The predicted octanol–water partition coefficient (Wildman–Crippen LogP) is 2.99. The van der Waals surface area contributed by atoms with Gasteiger partial charge in [0.1, 0.15) is 6.29 Å². The number of rotatable bonds is 4. The van der Waals surface area contributed by atoms with Gasteiger partial charge in [0.25, 0.3) is 0 Å². The average molecular weight is 291 g/mol. The van der Waals surface area contributed by atoms with Crippen LogP contribution in [-0.2, 0) is 4.79 Å². The molecule has 88 valence electrons. The highest BCUT2D eigenvalue weighted by atomic mass is 79.9. The third-order valence-corrected chi connectivity index (χ3v) is 2.97. The van der Waals surface area contributed by atoms with E-state index in [2.05, 4.69) is 15.9 Å². The molecule has 5 heteroatoms. The Balaban J connectivity index is 3.32. The van der Waals surface area contributed by atoms with Crippen LogP contribution >= 0.6 is 15.9 Å². The lowest BCUT2D eigenvalue weighted by Gasteiger charge is -2.15. The van der Waals surface area contributed by atoms with Crippen LogP contribution in [0.4, 0.5) is 4.39 Å². The molecule has 16 heavy (non-hydrogen) atoms. The number of hydrogen-bond acceptors (Lipinski definition) is 3. The highest BCUT2D eigenvalue weighted by Gasteiger charge is 2.20. The van der Waals surface area contributed by atoms with Crippen molar-refractivity contribution >= 4 is 22.2 Å². The second kappa shape index (κ2) is 5.30. The van der Waals surface area contributed by atoms with E-state index < -0.39 is 11.6 Å². The lowest BCUT2D eigenvalue weighted by atomic mass is 9.97. The second-order valence-electron chi connectivity index (χ2n) is 3.45. The van der Waals surface area contributed by atoms with Crippen molar-refractivity contribution in [3.63, 3.8) is 0 Å². The van der Waals surface area contributed by atoms with Gasteiger partial charge in [0.2, 0.25) is 5.82 Å². The smallest absolute Gasteiger partial charge is 0.208 e. The van der Waals surface area contributed by atoms with Gasteiger partial charge in [-0.2, -0.15) is 4.39 Å². The number of carbonyl (C=O) groups excluding carboxylic acids is 1. The zero-order chi connectivity index (χ0) is 12.3. The zero-order valence-electron chi connectivity index (χ0n) is 8.96. The molecule has 0 aliphatic rings. The minimum atomic E-state index is -0.815. The fourth-order valence-corrected chi connectivity index (χ4v) is 1.88. The molecule has 3 nitrogen and oxygen atoms in total. The SMILES string of the molecule is COc1c(C(C)CC=O)cc(Br)c(O)c1F. The third-order valence-electron chi connectivity index (χ3n) is 2.36. The van der Waals surface area contributed by atoms with E-state index in [0.717, 1.165) is 6.29 Å². The van der Waals surface area contributed by atoms with Crippen LogP contribution < -0.4 is 4.74 Å². The van der Waals surface area contributed by atoms with Crippen molar-refractivity contribution in [3.05, 3.63) is 21.9 Å². The predicted molar refractivity (Wildman–Crippen MR) is 61.4 cm³/mol. The summed E-state index contributed by atoms with van der Waals surface area (Å²) in [6, 6.07) is 1.56. The molecule has 1 atom stereocenters. The Bertz CT molecular complexity index is 407. The molecular weight excluding hydrogens is 279 g/mol. The second-order valence-corrected chi connectivity index (χ2v) is 4.30. The minimum Gasteiger partial charge on any atom is -0.504 e. The lowest BCUT2D eigenvalue weighted by Crippen LogP contribution is -2.01. The molecule has 0 amide bonds. The molecule has 0 saturated carbocycles. The number of hydrogen-bond donors (Lipinski definition) is 1. The van der Waals surface area contributed by atoms with E-state index in [1.807, 2.05) is 0 Å². The standard InChI is InChI=1S/C11H12BrFO3/c1-6(3-4-14)7-5-8(12)10(15)9(13)11(7)16-2/h4-6,15H,3H2,1-2H3. The lowest BCUT2D eigenvalue weighted by molar-refractivity contribution is -0.108. The first kappa shape index (κ1) is 13.0. The van der Waals surface area contributed by atoms with Gasteiger partial charge in [0, 0.05) is 12.0 Å². The van der Waals surface area contributed by atoms with Crippen molar-refractivity contribution in [2.75, 3.05) is 7.11 Å². The minimum absolute atomic E-state index is 0.0185. The molecule has 0 spiro atoms. The number of aromatic hydroxyl groups is 1. The first-order valence-corrected chi connectivity index (χ1v) is 5.50. The summed E-state index contributed by atoms with van der Waals surface area (Å²) < 4.78 is 18.8. The zero-order valence-corrected chi connectivity index (χ0v) is 10.5. The van der Waals surface area contributed by atoms with Gasteiger partial charge in [-0.3, -0.25) is 0 Å². The number of phenolic OH excluding ortho intramolecular Hbond substituents is 1. The van der Waals surface area contributed by atoms with Gasteiger partial charge in [0.05, 0.1) is 11.6 Å². The topological polar surface area (TPSA) is 46.5 Å². The molecule has 0 bridgehead atoms. The number of halogens is 2. The fourth-order valence-electron chi connectivity index (χ4n) is 1.45. The Morgan fingerprint density at radius 3 is 2.81 bits per heavy atom. The van der Waals surface area contributed by atoms with Gasteiger partial charge >= 0.3 is 0 Å². The van der Waals surface area contributed by atoms with E-state index in [4.69, 9.17) is 4.74 Å². The summed E-state index contributed by atoms with van der Waals surface area (Å²) in [7, 11) is 1.32. The largest absolute Gasteiger partial charge is 0.504 e. The molecule has 0 radical (unpaired) electrons. The van der Waals surface area contributed by atoms with Crippen LogP contribution in [0.2, 0.25) is 0 Å². The summed E-state index contributed by atoms with van der Waals surface area (Å²) in [5.41, 5.74) is 0.553. The first-order chi connectivity index (χ1) is 7.52. The molecule has 0 heterocycles. The highest BCUT2D eigenvalue weighted by molar-refractivity contribution is 9.10. The van der Waals surface area contributed by atoms with Crippen molar-refractivity contribution < 1.29 is 19.0 Å². The van der Waals surface area contributed by atoms with Gasteiger partial charge in [-0.1, -0.05) is 6.92 Å². The van der Waals surface area contributed by atoms with E-state index in [-0.39, 0.29) is 22.6 Å². The molecule has 0 aliphatic carbocycles. The molecule has 0 saturated heterocycles. The molecule has 0 aliphatic heterocycles. The molecule has 0 aromatic heterocycles. The Kier molecular flexibility index (Phi) is 4.29. The van der Waals surface area contributed by atoms with Crippen molar-refractivity contribution in [2.45, 2.75) is 19.3 Å². The molecule has 0 fully saturated rings. The monoisotopic (exact) mass is 290 g/mol. The molecule has 1 unspecified atom stereocenters. The highest BCUT2D eigenvalue weighted by Crippen LogP contribution is 2.40. The number of ether oxygens (including phenoxy) is 1. The maximum atomic E-state index is 13.6. The number of aldehydes is 1. The number of methoxy groups -OCH3 is 1. The van der Waals surface area contributed by atoms with Crippen LogP contribution in [-0.4, -0.2) is 18.5 Å². The number of carbonyl (C=O) groups is 1. The van der Waals surface area contributed by atoms with Crippen LogP contribution in [0.3, 0.4) is 0 Å². The summed E-state index contributed by atoms with van der Waals surface area (Å²) in [5.74, 6) is -1.49. The van der Waals surface area contributed by atoms with Crippen molar-refractivity contribution in [3.8, 4) is 11.5 Å². The maximum Gasteiger partial charge on any atom is 0.208 e. The third kappa shape index (κ3) is 2.35. The average Bonchev–Trinajstić information content (AvgIpc) is 2.26. The van der Waals surface area contributed by atoms with Gasteiger partial charge in [0.15, 0.2) is 11.5 Å².